The van der Waals surface area contributed by atoms with Gasteiger partial charge in [-0.2, -0.15) is 0 Å². The maximum absolute atomic E-state index is 11.5. The van der Waals surface area contributed by atoms with E-state index in [4.69, 9.17) is 4.74 Å². The number of ether oxygens (including phenoxy) is 1. The molecule has 0 radical (unpaired) electrons. The van der Waals surface area contributed by atoms with Gasteiger partial charge in [0.2, 0.25) is 0 Å². The summed E-state index contributed by atoms with van der Waals surface area (Å²) < 4.78 is 5.10. The van der Waals surface area contributed by atoms with Crippen molar-refractivity contribution in [2.24, 2.45) is 5.41 Å². The van der Waals surface area contributed by atoms with Crippen molar-refractivity contribution in [2.75, 3.05) is 26.8 Å². The fraction of sp³-hybridized carbons (Fsp3) is 0.923. The highest BCUT2D eigenvalue weighted by molar-refractivity contribution is 5.74. The van der Waals surface area contributed by atoms with Crippen LogP contribution >= 0.6 is 0 Å². The van der Waals surface area contributed by atoms with Gasteiger partial charge < -0.3 is 9.84 Å². The second-order valence-corrected chi connectivity index (χ2v) is 4.99. The summed E-state index contributed by atoms with van der Waals surface area (Å²) in [7, 11) is 1.69. The number of rotatable bonds is 9. The van der Waals surface area contributed by atoms with E-state index >= 15 is 0 Å². The predicted molar refractivity (Wildman–Crippen MR) is 67.1 cm³/mol. The Morgan fingerprint density at radius 3 is 2.35 bits per heavy atom. The van der Waals surface area contributed by atoms with E-state index in [2.05, 4.69) is 4.90 Å². The summed E-state index contributed by atoms with van der Waals surface area (Å²) in [6.45, 7) is 6.12. The Labute approximate surface area is 104 Å². The molecule has 1 rings (SSSR count). The number of carboxylic acid groups (broad SMARTS) is 1. The third-order valence-electron chi connectivity index (χ3n) is 3.96. The van der Waals surface area contributed by atoms with Crippen molar-refractivity contribution in [1.29, 1.82) is 0 Å². The van der Waals surface area contributed by atoms with Crippen molar-refractivity contribution in [3.8, 4) is 0 Å². The van der Waals surface area contributed by atoms with Gasteiger partial charge in [0.15, 0.2) is 0 Å². The van der Waals surface area contributed by atoms with Crippen molar-refractivity contribution >= 4 is 5.97 Å². The highest BCUT2D eigenvalue weighted by Crippen LogP contribution is 2.34. The first kappa shape index (κ1) is 14.5. The number of hydrogen-bond donors (Lipinski definition) is 1. The number of aliphatic carboxylic acids is 1. The third-order valence-corrected chi connectivity index (χ3v) is 3.96. The van der Waals surface area contributed by atoms with E-state index in [1.54, 1.807) is 7.11 Å². The maximum atomic E-state index is 11.5. The summed E-state index contributed by atoms with van der Waals surface area (Å²) in [5.74, 6) is -0.662. The van der Waals surface area contributed by atoms with Crippen LogP contribution in [0.25, 0.3) is 0 Å². The van der Waals surface area contributed by atoms with Crippen molar-refractivity contribution < 1.29 is 14.6 Å². The Hall–Kier alpha value is -0.610. The van der Waals surface area contributed by atoms with E-state index < -0.39 is 11.4 Å². The molecule has 1 aliphatic carbocycles. The molecule has 0 bridgehead atoms. The molecule has 0 spiro atoms. The quantitative estimate of drug-likeness (QED) is 0.673. The number of nitrogens with zero attached hydrogens (tertiary/aromatic N) is 1. The molecular formula is C13H25NO3. The molecule has 4 nitrogen and oxygen atoms in total. The van der Waals surface area contributed by atoms with Gasteiger partial charge in [0.05, 0.1) is 12.0 Å². The van der Waals surface area contributed by atoms with E-state index in [-0.39, 0.29) is 0 Å². The molecule has 17 heavy (non-hydrogen) atoms. The molecule has 0 aromatic rings. The van der Waals surface area contributed by atoms with E-state index in [9.17, 15) is 9.90 Å². The molecule has 0 atom stereocenters. The zero-order chi connectivity index (χ0) is 12.9. The van der Waals surface area contributed by atoms with Gasteiger partial charge in [-0.3, -0.25) is 9.69 Å². The Kier molecular flexibility index (Phi) is 5.40. The smallest absolute Gasteiger partial charge is 0.310 e. The van der Waals surface area contributed by atoms with Crippen molar-refractivity contribution in [2.45, 2.75) is 45.6 Å². The highest BCUT2D eigenvalue weighted by Gasteiger charge is 2.40. The second kappa shape index (κ2) is 6.36. The van der Waals surface area contributed by atoms with Gasteiger partial charge >= 0.3 is 5.97 Å². The first-order valence-corrected chi connectivity index (χ1v) is 6.56. The van der Waals surface area contributed by atoms with Crippen LogP contribution in [0.4, 0.5) is 0 Å². The lowest BCUT2D eigenvalue weighted by atomic mass is 9.82. The minimum absolute atomic E-state index is 0.585. The number of methoxy groups -OCH3 is 1. The molecule has 100 valence electrons. The number of carboxylic acids is 1. The van der Waals surface area contributed by atoms with Crippen LogP contribution in [0.2, 0.25) is 0 Å². The lowest BCUT2D eigenvalue weighted by molar-refractivity contribution is -0.151. The maximum Gasteiger partial charge on any atom is 0.310 e. The fourth-order valence-corrected chi connectivity index (χ4v) is 2.27. The summed E-state index contributed by atoms with van der Waals surface area (Å²) in [6, 6.07) is 0.585. The van der Waals surface area contributed by atoms with Gasteiger partial charge in [0.1, 0.15) is 0 Å². The molecular weight excluding hydrogens is 218 g/mol. The van der Waals surface area contributed by atoms with Gasteiger partial charge in [-0.1, -0.05) is 13.8 Å². The average Bonchev–Trinajstić information content (AvgIpc) is 3.14. The Balaban J connectivity index is 2.64. The summed E-state index contributed by atoms with van der Waals surface area (Å²) in [5, 5.41) is 9.44. The predicted octanol–water partition coefficient (Wildman–Crippen LogP) is 1.99. The van der Waals surface area contributed by atoms with Gasteiger partial charge in [-0.25, -0.2) is 0 Å². The van der Waals surface area contributed by atoms with E-state index in [0.717, 1.165) is 6.54 Å². The fourth-order valence-electron chi connectivity index (χ4n) is 2.27. The standard InChI is InChI=1S/C13H25NO3/c1-4-13(5-2,12(15)16)10-14(8-9-17-3)11-6-7-11/h11H,4-10H2,1-3H3,(H,15,16). The first-order valence-electron chi connectivity index (χ1n) is 6.56. The number of hydrogen-bond acceptors (Lipinski definition) is 3. The average molecular weight is 243 g/mol. The lowest BCUT2D eigenvalue weighted by Gasteiger charge is -2.33. The normalized spacial score (nSPS) is 16.5. The first-order chi connectivity index (χ1) is 8.09. The highest BCUT2D eigenvalue weighted by atomic mass is 16.5. The molecule has 4 heteroatoms. The zero-order valence-electron chi connectivity index (χ0n) is 11.2. The van der Waals surface area contributed by atoms with Crippen LogP contribution < -0.4 is 0 Å². The topological polar surface area (TPSA) is 49.8 Å². The molecule has 0 heterocycles. The molecule has 0 aromatic carbocycles. The molecule has 1 saturated carbocycles. The summed E-state index contributed by atoms with van der Waals surface area (Å²) in [4.78, 5) is 13.8. The van der Waals surface area contributed by atoms with Crippen molar-refractivity contribution in [1.82, 2.24) is 4.90 Å². The third kappa shape index (κ3) is 3.68. The van der Waals surface area contributed by atoms with Gasteiger partial charge in [-0.05, 0) is 25.7 Å². The molecule has 0 aliphatic heterocycles. The van der Waals surface area contributed by atoms with Crippen LogP contribution in [0.3, 0.4) is 0 Å². The lowest BCUT2D eigenvalue weighted by Crippen LogP contribution is -2.44. The SMILES string of the molecule is CCC(CC)(CN(CCOC)C1CC1)C(=O)O. The molecule has 1 N–H and O–H groups in total. The van der Waals surface area contributed by atoms with Crippen LogP contribution in [0.15, 0.2) is 0 Å². The summed E-state index contributed by atoms with van der Waals surface area (Å²) >= 11 is 0. The van der Waals surface area contributed by atoms with E-state index in [1.807, 2.05) is 13.8 Å². The summed E-state index contributed by atoms with van der Waals surface area (Å²) in [6.07, 6.45) is 3.78. The van der Waals surface area contributed by atoms with Crippen LogP contribution in [-0.4, -0.2) is 48.8 Å². The van der Waals surface area contributed by atoms with E-state index in [0.29, 0.717) is 32.0 Å². The second-order valence-electron chi connectivity index (χ2n) is 4.99. The minimum atomic E-state index is -0.662. The Morgan fingerprint density at radius 1 is 1.41 bits per heavy atom. The van der Waals surface area contributed by atoms with Crippen molar-refractivity contribution in [3.63, 3.8) is 0 Å². The zero-order valence-corrected chi connectivity index (χ0v) is 11.2. The largest absolute Gasteiger partial charge is 0.481 e. The Bertz CT molecular complexity index is 247. The van der Waals surface area contributed by atoms with Gasteiger partial charge in [-0.15, -0.1) is 0 Å². The van der Waals surface area contributed by atoms with Crippen LogP contribution in [0.1, 0.15) is 39.5 Å². The number of carbonyl (C=O) groups is 1. The Morgan fingerprint density at radius 2 is 2.00 bits per heavy atom. The molecule has 0 unspecified atom stereocenters. The van der Waals surface area contributed by atoms with Crippen LogP contribution in [0.5, 0.6) is 0 Å². The molecule has 0 amide bonds. The van der Waals surface area contributed by atoms with Crippen molar-refractivity contribution in [3.05, 3.63) is 0 Å². The van der Waals surface area contributed by atoms with E-state index in [1.165, 1.54) is 12.8 Å². The molecule has 0 aromatic heterocycles. The van der Waals surface area contributed by atoms with Gasteiger partial charge in [0, 0.05) is 26.2 Å². The minimum Gasteiger partial charge on any atom is -0.481 e. The summed E-state index contributed by atoms with van der Waals surface area (Å²) in [5.41, 5.74) is -0.587. The molecule has 1 fully saturated rings. The van der Waals surface area contributed by atoms with Crippen LogP contribution in [-0.2, 0) is 9.53 Å². The monoisotopic (exact) mass is 243 g/mol. The van der Waals surface area contributed by atoms with Gasteiger partial charge in [0.25, 0.3) is 0 Å². The van der Waals surface area contributed by atoms with Crippen LogP contribution in [0, 0.1) is 5.41 Å². The molecule has 0 saturated heterocycles. The molecule has 1 aliphatic rings.